The number of rotatable bonds is 4. The van der Waals surface area contributed by atoms with Gasteiger partial charge in [-0.1, -0.05) is 13.0 Å². The van der Waals surface area contributed by atoms with Gasteiger partial charge in [-0.05, 0) is 30.2 Å². The zero-order chi connectivity index (χ0) is 12.3. The summed E-state index contributed by atoms with van der Waals surface area (Å²) in [6.45, 7) is 2.10. The van der Waals surface area contributed by atoms with E-state index in [-0.39, 0.29) is 5.75 Å². The van der Waals surface area contributed by atoms with Gasteiger partial charge in [-0.2, -0.15) is 0 Å². The predicted octanol–water partition coefficient (Wildman–Crippen LogP) is 2.97. The Balaban J connectivity index is 2.43. The maximum Gasteiger partial charge on any atom is 0.313 e. The van der Waals surface area contributed by atoms with E-state index in [2.05, 4.69) is 24.0 Å². The van der Waals surface area contributed by atoms with Crippen LogP contribution in [0.2, 0.25) is 0 Å². The second-order valence-corrected chi connectivity index (χ2v) is 4.71. The summed E-state index contributed by atoms with van der Waals surface area (Å²) in [4.78, 5) is 15.9. The smallest absolute Gasteiger partial charge is 0.313 e. The third-order valence-corrected chi connectivity index (χ3v) is 3.58. The van der Waals surface area contributed by atoms with E-state index in [1.54, 1.807) is 6.20 Å². The summed E-state index contributed by atoms with van der Waals surface area (Å²) < 4.78 is 0. The molecule has 2 rings (SSSR count). The van der Waals surface area contributed by atoms with E-state index in [1.165, 1.54) is 17.3 Å². The molecule has 0 spiro atoms. The van der Waals surface area contributed by atoms with Crippen LogP contribution in [0.5, 0.6) is 0 Å². The minimum absolute atomic E-state index is 0.0788. The number of aliphatic carboxylic acids is 1. The number of carbonyl (C=O) groups is 1. The van der Waals surface area contributed by atoms with Crippen molar-refractivity contribution in [2.24, 2.45) is 0 Å². The van der Waals surface area contributed by atoms with Crippen LogP contribution in [0.1, 0.15) is 12.5 Å². The van der Waals surface area contributed by atoms with Crippen molar-refractivity contribution in [2.75, 3.05) is 5.75 Å². The topological polar surface area (TPSA) is 50.2 Å². The van der Waals surface area contributed by atoms with Gasteiger partial charge in [0, 0.05) is 16.5 Å². The van der Waals surface area contributed by atoms with Crippen molar-refractivity contribution in [3.63, 3.8) is 0 Å². The number of nitrogens with zero attached hydrogens (tertiary/aromatic N) is 1. The lowest BCUT2D eigenvalue weighted by molar-refractivity contribution is -0.133. The number of thioether (sulfide) groups is 1. The Morgan fingerprint density at radius 1 is 1.41 bits per heavy atom. The Bertz CT molecular complexity index is 554. The van der Waals surface area contributed by atoms with Crippen molar-refractivity contribution in [3.05, 3.63) is 36.0 Å². The van der Waals surface area contributed by atoms with E-state index in [0.717, 1.165) is 22.2 Å². The molecule has 0 aliphatic carbocycles. The molecule has 0 aliphatic heterocycles. The van der Waals surface area contributed by atoms with Crippen molar-refractivity contribution in [2.45, 2.75) is 18.2 Å². The van der Waals surface area contributed by atoms with Crippen LogP contribution in [0.3, 0.4) is 0 Å². The summed E-state index contributed by atoms with van der Waals surface area (Å²) in [6, 6.07) is 8.00. The lowest BCUT2D eigenvalue weighted by Crippen LogP contribution is -1.97. The number of pyridine rings is 1. The number of hydrogen-bond donors (Lipinski definition) is 1. The predicted molar refractivity (Wildman–Crippen MR) is 69.5 cm³/mol. The molecule has 0 radical (unpaired) electrons. The highest BCUT2D eigenvalue weighted by Crippen LogP contribution is 2.27. The third kappa shape index (κ3) is 2.77. The summed E-state index contributed by atoms with van der Waals surface area (Å²) in [6.07, 6.45) is 2.69. The van der Waals surface area contributed by atoms with Gasteiger partial charge < -0.3 is 5.11 Å². The molecule has 0 bridgehead atoms. The fourth-order valence-corrected chi connectivity index (χ4v) is 2.41. The van der Waals surface area contributed by atoms with Gasteiger partial charge in [0.05, 0.1) is 11.3 Å². The summed E-state index contributed by atoms with van der Waals surface area (Å²) in [5, 5.41) is 9.75. The molecule has 0 amide bonds. The van der Waals surface area contributed by atoms with Crippen LogP contribution in [-0.4, -0.2) is 21.8 Å². The Kier molecular flexibility index (Phi) is 3.64. The number of carboxylic acids is 1. The number of benzene rings is 1. The van der Waals surface area contributed by atoms with Crippen molar-refractivity contribution < 1.29 is 9.90 Å². The second kappa shape index (κ2) is 5.19. The summed E-state index contributed by atoms with van der Waals surface area (Å²) in [5.41, 5.74) is 2.15. The van der Waals surface area contributed by atoms with Crippen LogP contribution in [0, 0.1) is 0 Å². The van der Waals surface area contributed by atoms with Crippen molar-refractivity contribution >= 4 is 28.6 Å². The highest BCUT2D eigenvalue weighted by molar-refractivity contribution is 8.00. The lowest BCUT2D eigenvalue weighted by Gasteiger charge is -2.06. The quantitative estimate of drug-likeness (QED) is 0.844. The summed E-state index contributed by atoms with van der Waals surface area (Å²) in [7, 11) is 0. The monoisotopic (exact) mass is 247 g/mol. The molecule has 4 heteroatoms. The first-order chi connectivity index (χ1) is 8.20. The van der Waals surface area contributed by atoms with Gasteiger partial charge >= 0.3 is 5.97 Å². The van der Waals surface area contributed by atoms with Crippen LogP contribution in [0.25, 0.3) is 10.9 Å². The molecule has 0 saturated heterocycles. The maximum absolute atomic E-state index is 10.6. The molecule has 0 saturated carbocycles. The Labute approximate surface area is 104 Å². The van der Waals surface area contributed by atoms with E-state index in [4.69, 9.17) is 5.11 Å². The fraction of sp³-hybridized carbons (Fsp3) is 0.231. The molecule has 2 aromatic rings. The minimum atomic E-state index is -0.799. The molecule has 1 aromatic heterocycles. The zero-order valence-electron chi connectivity index (χ0n) is 9.51. The SMILES string of the molecule is CCc1ccc2nccc(SCC(=O)O)c2c1. The number of carboxylic acid groups (broad SMARTS) is 1. The van der Waals surface area contributed by atoms with Crippen molar-refractivity contribution in [1.82, 2.24) is 4.98 Å². The van der Waals surface area contributed by atoms with Crippen LogP contribution in [-0.2, 0) is 11.2 Å². The Morgan fingerprint density at radius 3 is 2.94 bits per heavy atom. The molecule has 0 fully saturated rings. The Hall–Kier alpha value is -1.55. The van der Waals surface area contributed by atoms with E-state index >= 15 is 0 Å². The lowest BCUT2D eigenvalue weighted by atomic mass is 10.1. The molecule has 0 atom stereocenters. The molecule has 3 nitrogen and oxygen atoms in total. The van der Waals surface area contributed by atoms with E-state index in [9.17, 15) is 4.79 Å². The maximum atomic E-state index is 10.6. The molecule has 88 valence electrons. The molecule has 1 N–H and O–H groups in total. The van der Waals surface area contributed by atoms with Gasteiger partial charge in [-0.25, -0.2) is 0 Å². The highest BCUT2D eigenvalue weighted by Gasteiger charge is 2.05. The number of hydrogen-bond acceptors (Lipinski definition) is 3. The average Bonchev–Trinajstić information content (AvgIpc) is 2.35. The average molecular weight is 247 g/mol. The van der Waals surface area contributed by atoms with Crippen LogP contribution in [0.15, 0.2) is 35.4 Å². The van der Waals surface area contributed by atoms with Crippen LogP contribution < -0.4 is 0 Å². The molecule has 0 unspecified atom stereocenters. The number of aryl methyl sites for hydroxylation is 1. The minimum Gasteiger partial charge on any atom is -0.481 e. The molecular formula is C13H13NO2S. The van der Waals surface area contributed by atoms with E-state index < -0.39 is 5.97 Å². The van der Waals surface area contributed by atoms with Gasteiger partial charge in [-0.3, -0.25) is 9.78 Å². The van der Waals surface area contributed by atoms with Crippen LogP contribution >= 0.6 is 11.8 Å². The van der Waals surface area contributed by atoms with E-state index in [1.807, 2.05) is 12.1 Å². The molecule has 1 heterocycles. The summed E-state index contributed by atoms with van der Waals surface area (Å²) in [5.74, 6) is -0.721. The number of fused-ring (bicyclic) bond motifs is 1. The van der Waals surface area contributed by atoms with Crippen molar-refractivity contribution in [3.8, 4) is 0 Å². The first kappa shape index (κ1) is 11.9. The summed E-state index contributed by atoms with van der Waals surface area (Å²) >= 11 is 1.34. The van der Waals surface area contributed by atoms with Gasteiger partial charge in [0.25, 0.3) is 0 Å². The van der Waals surface area contributed by atoms with Gasteiger partial charge in [-0.15, -0.1) is 11.8 Å². The van der Waals surface area contributed by atoms with Crippen LogP contribution in [0.4, 0.5) is 0 Å². The fourth-order valence-electron chi connectivity index (χ4n) is 1.65. The zero-order valence-corrected chi connectivity index (χ0v) is 10.3. The largest absolute Gasteiger partial charge is 0.481 e. The molecular weight excluding hydrogens is 234 g/mol. The van der Waals surface area contributed by atoms with E-state index in [0.29, 0.717) is 0 Å². The van der Waals surface area contributed by atoms with Crippen molar-refractivity contribution in [1.29, 1.82) is 0 Å². The number of aromatic nitrogens is 1. The molecule has 17 heavy (non-hydrogen) atoms. The third-order valence-electron chi connectivity index (χ3n) is 2.53. The highest BCUT2D eigenvalue weighted by atomic mass is 32.2. The van der Waals surface area contributed by atoms with Gasteiger partial charge in [0.15, 0.2) is 0 Å². The molecule has 1 aromatic carbocycles. The first-order valence-electron chi connectivity index (χ1n) is 5.43. The molecule has 0 aliphatic rings. The van der Waals surface area contributed by atoms with Gasteiger partial charge in [0.1, 0.15) is 0 Å². The second-order valence-electron chi connectivity index (χ2n) is 3.70. The van der Waals surface area contributed by atoms with Gasteiger partial charge in [0.2, 0.25) is 0 Å². The first-order valence-corrected chi connectivity index (χ1v) is 6.41. The standard InChI is InChI=1S/C13H13NO2S/c1-2-9-3-4-11-10(7-9)12(5-6-14-11)17-8-13(15)16/h3-7H,2,8H2,1H3,(H,15,16). The normalized spacial score (nSPS) is 10.6. The Morgan fingerprint density at radius 2 is 2.24 bits per heavy atom.